The van der Waals surface area contributed by atoms with Crippen LogP contribution in [-0.4, -0.2) is 54.2 Å². The summed E-state index contributed by atoms with van der Waals surface area (Å²) in [4.78, 5) is 16.5. The molecule has 4 nitrogen and oxygen atoms in total. The smallest absolute Gasteiger partial charge is 0.410 e. The predicted octanol–water partition coefficient (Wildman–Crippen LogP) is 2.73. The van der Waals surface area contributed by atoms with E-state index in [1.807, 2.05) is 25.7 Å². The zero-order valence-corrected chi connectivity index (χ0v) is 12.8. The Kier molecular flexibility index (Phi) is 4.39. The largest absolute Gasteiger partial charge is 0.444 e. The number of hydrogen-bond donors (Lipinski definition) is 0. The van der Waals surface area contributed by atoms with Gasteiger partial charge in [0.15, 0.2) is 0 Å². The van der Waals surface area contributed by atoms with Gasteiger partial charge >= 0.3 is 6.09 Å². The Morgan fingerprint density at radius 2 is 1.84 bits per heavy atom. The first kappa shape index (κ1) is 14.6. The molecule has 0 spiro atoms. The highest BCUT2D eigenvalue weighted by Crippen LogP contribution is 2.29. The van der Waals surface area contributed by atoms with Crippen LogP contribution in [0.5, 0.6) is 0 Å². The van der Waals surface area contributed by atoms with Gasteiger partial charge < -0.3 is 14.5 Å². The van der Waals surface area contributed by atoms with Crippen molar-refractivity contribution < 1.29 is 9.53 Å². The lowest BCUT2D eigenvalue weighted by Crippen LogP contribution is -2.47. The fraction of sp³-hybridized carbons (Fsp3) is 0.933. The molecule has 0 aliphatic carbocycles. The van der Waals surface area contributed by atoms with Crippen LogP contribution in [0.15, 0.2) is 0 Å². The Bertz CT molecular complexity index is 325. The van der Waals surface area contributed by atoms with Gasteiger partial charge in [0, 0.05) is 19.1 Å². The zero-order chi connectivity index (χ0) is 14.0. The summed E-state index contributed by atoms with van der Waals surface area (Å²) in [7, 11) is 2.21. The molecule has 0 N–H and O–H groups in total. The highest BCUT2D eigenvalue weighted by molar-refractivity contribution is 5.68. The number of hydrogen-bond acceptors (Lipinski definition) is 3. The minimum atomic E-state index is -0.395. The number of likely N-dealkylation sites (tertiary alicyclic amines) is 2. The number of carbonyl (C=O) groups is 1. The molecule has 2 aliphatic heterocycles. The van der Waals surface area contributed by atoms with E-state index in [1.54, 1.807) is 0 Å². The molecular formula is C15H28N2O2. The summed E-state index contributed by atoms with van der Waals surface area (Å²) in [5.74, 6) is 0.619. The van der Waals surface area contributed by atoms with Crippen molar-refractivity contribution in [2.24, 2.45) is 5.92 Å². The fourth-order valence-corrected chi connectivity index (χ4v) is 3.35. The molecule has 0 aromatic heterocycles. The summed E-state index contributed by atoms with van der Waals surface area (Å²) in [6.45, 7) is 8.70. The van der Waals surface area contributed by atoms with E-state index < -0.39 is 5.60 Å². The van der Waals surface area contributed by atoms with Crippen LogP contribution in [0.1, 0.15) is 46.5 Å². The van der Waals surface area contributed by atoms with Gasteiger partial charge in [-0.1, -0.05) is 0 Å². The highest BCUT2D eigenvalue weighted by Gasteiger charge is 2.34. The van der Waals surface area contributed by atoms with E-state index in [-0.39, 0.29) is 6.09 Å². The van der Waals surface area contributed by atoms with Crippen molar-refractivity contribution in [2.45, 2.75) is 58.1 Å². The molecule has 2 fully saturated rings. The molecule has 2 atom stereocenters. The second-order valence-electron chi connectivity index (χ2n) is 7.02. The van der Waals surface area contributed by atoms with Crippen LogP contribution in [0, 0.1) is 5.92 Å². The Balaban J connectivity index is 1.91. The van der Waals surface area contributed by atoms with Gasteiger partial charge in [-0.15, -0.1) is 0 Å². The number of amides is 1. The van der Waals surface area contributed by atoms with Crippen LogP contribution < -0.4 is 0 Å². The predicted molar refractivity (Wildman–Crippen MR) is 76.2 cm³/mol. The second-order valence-corrected chi connectivity index (χ2v) is 7.02. The van der Waals surface area contributed by atoms with Crippen LogP contribution >= 0.6 is 0 Å². The molecule has 19 heavy (non-hydrogen) atoms. The summed E-state index contributed by atoms with van der Waals surface area (Å²) in [6, 6.07) is 0.658. The second kappa shape index (κ2) is 5.70. The molecule has 0 aromatic carbocycles. The first-order chi connectivity index (χ1) is 8.87. The van der Waals surface area contributed by atoms with Crippen molar-refractivity contribution in [3.8, 4) is 0 Å². The number of nitrogens with zero attached hydrogens (tertiary/aromatic N) is 2. The summed E-state index contributed by atoms with van der Waals surface area (Å²) in [6.07, 6.45) is 4.79. The average Bonchev–Trinajstić information content (AvgIpc) is 2.73. The van der Waals surface area contributed by atoms with Crippen molar-refractivity contribution in [3.05, 3.63) is 0 Å². The van der Waals surface area contributed by atoms with Gasteiger partial charge in [-0.3, -0.25) is 0 Å². The minimum Gasteiger partial charge on any atom is -0.444 e. The highest BCUT2D eigenvalue weighted by atomic mass is 16.6. The third-order valence-electron chi connectivity index (χ3n) is 4.23. The van der Waals surface area contributed by atoms with Gasteiger partial charge in [0.1, 0.15) is 5.60 Å². The molecule has 2 rings (SSSR count). The molecule has 2 heterocycles. The van der Waals surface area contributed by atoms with Gasteiger partial charge in [-0.05, 0) is 66.0 Å². The first-order valence-electron chi connectivity index (χ1n) is 7.55. The van der Waals surface area contributed by atoms with E-state index in [1.165, 1.54) is 25.8 Å². The van der Waals surface area contributed by atoms with Crippen LogP contribution in [0.4, 0.5) is 4.79 Å². The standard InChI is InChI=1S/C15H28N2O2/c1-15(2,3)19-14(18)17-10-5-7-12(11-17)13-8-6-9-16(13)4/h12-13H,5-11H2,1-4H3/t12-,13+/m0/s1. The molecule has 2 aliphatic rings. The van der Waals surface area contributed by atoms with E-state index in [9.17, 15) is 4.79 Å². The van der Waals surface area contributed by atoms with E-state index in [2.05, 4.69) is 11.9 Å². The number of carbonyl (C=O) groups excluding carboxylic acids is 1. The van der Waals surface area contributed by atoms with Gasteiger partial charge in [0.05, 0.1) is 0 Å². The molecule has 1 amide bonds. The fourth-order valence-electron chi connectivity index (χ4n) is 3.35. The molecule has 0 bridgehead atoms. The summed E-state index contributed by atoms with van der Waals surface area (Å²) >= 11 is 0. The normalized spacial score (nSPS) is 29.6. The van der Waals surface area contributed by atoms with E-state index in [0.29, 0.717) is 12.0 Å². The van der Waals surface area contributed by atoms with Gasteiger partial charge in [0.2, 0.25) is 0 Å². The lowest BCUT2D eigenvalue weighted by Gasteiger charge is -2.38. The van der Waals surface area contributed by atoms with Gasteiger partial charge in [-0.25, -0.2) is 4.79 Å². The maximum atomic E-state index is 12.1. The van der Waals surface area contributed by atoms with Crippen LogP contribution in [0.2, 0.25) is 0 Å². The third-order valence-corrected chi connectivity index (χ3v) is 4.23. The molecule has 4 heteroatoms. The van der Waals surface area contributed by atoms with Crippen LogP contribution in [0.25, 0.3) is 0 Å². The summed E-state index contributed by atoms with van der Waals surface area (Å²) < 4.78 is 5.49. The van der Waals surface area contributed by atoms with Crippen molar-refractivity contribution in [3.63, 3.8) is 0 Å². The molecule has 0 unspecified atom stereocenters. The van der Waals surface area contributed by atoms with Crippen molar-refractivity contribution in [1.29, 1.82) is 0 Å². The number of piperidine rings is 1. The lowest BCUT2D eigenvalue weighted by molar-refractivity contribution is 0.0119. The lowest BCUT2D eigenvalue weighted by atomic mass is 9.89. The van der Waals surface area contributed by atoms with Gasteiger partial charge in [0.25, 0.3) is 0 Å². The SMILES string of the molecule is CN1CCC[C@@H]1[C@H]1CCCN(C(=O)OC(C)(C)C)C1. The Morgan fingerprint density at radius 1 is 1.16 bits per heavy atom. The Morgan fingerprint density at radius 3 is 2.42 bits per heavy atom. The molecule has 110 valence electrons. The quantitative estimate of drug-likeness (QED) is 0.733. The first-order valence-corrected chi connectivity index (χ1v) is 7.55. The van der Waals surface area contributed by atoms with Crippen LogP contribution in [-0.2, 0) is 4.74 Å². The number of rotatable bonds is 1. The minimum absolute atomic E-state index is 0.141. The van der Waals surface area contributed by atoms with Crippen LogP contribution in [0.3, 0.4) is 0 Å². The maximum Gasteiger partial charge on any atom is 0.410 e. The molecule has 2 saturated heterocycles. The van der Waals surface area contributed by atoms with E-state index in [0.717, 1.165) is 19.5 Å². The van der Waals surface area contributed by atoms with Crippen molar-refractivity contribution >= 4 is 6.09 Å². The molecule has 0 saturated carbocycles. The molecule has 0 radical (unpaired) electrons. The van der Waals surface area contributed by atoms with Crippen molar-refractivity contribution in [2.75, 3.05) is 26.7 Å². The zero-order valence-electron chi connectivity index (χ0n) is 12.8. The Hall–Kier alpha value is -0.770. The van der Waals surface area contributed by atoms with Gasteiger partial charge in [-0.2, -0.15) is 0 Å². The maximum absolute atomic E-state index is 12.1. The molecular weight excluding hydrogens is 240 g/mol. The monoisotopic (exact) mass is 268 g/mol. The third kappa shape index (κ3) is 3.85. The van der Waals surface area contributed by atoms with Crippen molar-refractivity contribution in [1.82, 2.24) is 9.80 Å². The molecule has 0 aromatic rings. The average molecular weight is 268 g/mol. The summed E-state index contributed by atoms with van der Waals surface area (Å²) in [5.41, 5.74) is -0.395. The number of ether oxygens (including phenoxy) is 1. The Labute approximate surface area is 117 Å². The van der Waals surface area contributed by atoms with E-state index in [4.69, 9.17) is 4.74 Å². The topological polar surface area (TPSA) is 32.8 Å². The summed E-state index contributed by atoms with van der Waals surface area (Å²) in [5, 5.41) is 0. The van der Waals surface area contributed by atoms with E-state index >= 15 is 0 Å².